The molecule has 0 saturated carbocycles. The summed E-state index contributed by atoms with van der Waals surface area (Å²) in [7, 11) is 0. The van der Waals surface area contributed by atoms with Gasteiger partial charge in [0, 0.05) is 17.1 Å². The minimum absolute atomic E-state index is 0.194. The summed E-state index contributed by atoms with van der Waals surface area (Å²) in [6.07, 6.45) is 1.69. The molecule has 27 heavy (non-hydrogen) atoms. The summed E-state index contributed by atoms with van der Waals surface area (Å²) >= 11 is 0. The number of hydrogen-bond donors (Lipinski definition) is 1. The van der Waals surface area contributed by atoms with E-state index in [0.717, 1.165) is 33.3 Å². The largest absolute Gasteiger partial charge is 0.307 e. The highest BCUT2D eigenvalue weighted by Gasteiger charge is 2.14. The number of carbonyl (C=O) groups is 1. The summed E-state index contributed by atoms with van der Waals surface area (Å²) in [4.78, 5) is 22.0. The lowest BCUT2D eigenvalue weighted by atomic mass is 10.0. The normalized spacial score (nSPS) is 10.7. The maximum atomic E-state index is 13.0. The summed E-state index contributed by atoms with van der Waals surface area (Å²) in [6, 6.07) is 21.4. The van der Waals surface area contributed by atoms with Crippen molar-refractivity contribution in [2.45, 2.75) is 13.8 Å². The first kappa shape index (κ1) is 16.9. The molecule has 2 aromatic heterocycles. The van der Waals surface area contributed by atoms with E-state index in [1.165, 1.54) is 0 Å². The highest BCUT2D eigenvalue weighted by molar-refractivity contribution is 6.12. The molecule has 132 valence electrons. The Morgan fingerprint density at radius 3 is 2.52 bits per heavy atom. The molecule has 2 heterocycles. The summed E-state index contributed by atoms with van der Waals surface area (Å²) in [5, 5.41) is 3.72. The number of aromatic nitrogens is 2. The van der Waals surface area contributed by atoms with Crippen LogP contribution in [0.3, 0.4) is 0 Å². The average Bonchev–Trinajstić information content (AvgIpc) is 2.67. The van der Waals surface area contributed by atoms with Crippen molar-refractivity contribution in [1.82, 2.24) is 9.97 Å². The fourth-order valence-corrected chi connectivity index (χ4v) is 3.10. The van der Waals surface area contributed by atoms with Gasteiger partial charge in [0.1, 0.15) is 5.82 Å². The van der Waals surface area contributed by atoms with Crippen LogP contribution in [0.15, 0.2) is 72.9 Å². The number of amides is 1. The highest BCUT2D eigenvalue weighted by atomic mass is 16.1. The van der Waals surface area contributed by atoms with Gasteiger partial charge in [-0.25, -0.2) is 9.97 Å². The average molecular weight is 353 g/mol. The van der Waals surface area contributed by atoms with E-state index in [1.54, 1.807) is 6.20 Å². The first-order valence-corrected chi connectivity index (χ1v) is 8.81. The second kappa shape index (κ2) is 7.00. The summed E-state index contributed by atoms with van der Waals surface area (Å²) in [5.74, 6) is 0.346. The van der Waals surface area contributed by atoms with Crippen molar-refractivity contribution in [2.75, 3.05) is 5.32 Å². The zero-order chi connectivity index (χ0) is 18.8. The standard InChI is InChI=1S/C23H19N3O/c1-15-6-5-7-17(12-15)21-14-19(18-8-3-4-9-20(18)25-21)23(27)26-22-13-16(2)10-11-24-22/h3-14H,1-2H3,(H,24,26,27). The highest BCUT2D eigenvalue weighted by Crippen LogP contribution is 2.26. The monoisotopic (exact) mass is 353 g/mol. The fraction of sp³-hybridized carbons (Fsp3) is 0.0870. The molecule has 0 aliphatic carbocycles. The van der Waals surface area contributed by atoms with Crippen LogP contribution in [0.2, 0.25) is 0 Å². The summed E-state index contributed by atoms with van der Waals surface area (Å²) in [5.41, 5.74) is 5.33. The Morgan fingerprint density at radius 2 is 1.70 bits per heavy atom. The predicted molar refractivity (Wildman–Crippen MR) is 109 cm³/mol. The number of para-hydroxylation sites is 1. The lowest BCUT2D eigenvalue weighted by molar-refractivity contribution is 0.102. The number of nitrogens with zero attached hydrogens (tertiary/aromatic N) is 2. The minimum atomic E-state index is -0.194. The fourth-order valence-electron chi connectivity index (χ4n) is 3.10. The molecular formula is C23H19N3O. The van der Waals surface area contributed by atoms with Crippen molar-refractivity contribution in [1.29, 1.82) is 0 Å². The van der Waals surface area contributed by atoms with Gasteiger partial charge in [-0.15, -0.1) is 0 Å². The van der Waals surface area contributed by atoms with Gasteiger partial charge >= 0.3 is 0 Å². The number of anilines is 1. The number of carbonyl (C=O) groups excluding carboxylic acids is 1. The molecule has 0 bridgehead atoms. The van der Waals surface area contributed by atoms with Gasteiger partial charge in [-0.1, -0.05) is 42.0 Å². The van der Waals surface area contributed by atoms with Crippen LogP contribution in [0.25, 0.3) is 22.2 Å². The van der Waals surface area contributed by atoms with E-state index < -0.39 is 0 Å². The van der Waals surface area contributed by atoms with Gasteiger partial charge in [0.2, 0.25) is 0 Å². The Hall–Kier alpha value is -3.53. The predicted octanol–water partition coefficient (Wildman–Crippen LogP) is 5.17. The molecule has 0 radical (unpaired) electrons. The molecule has 0 aliphatic heterocycles. The van der Waals surface area contributed by atoms with Gasteiger partial charge in [-0.05, 0) is 49.7 Å². The van der Waals surface area contributed by atoms with Gasteiger partial charge < -0.3 is 5.32 Å². The van der Waals surface area contributed by atoms with E-state index in [4.69, 9.17) is 4.98 Å². The Bertz CT molecular complexity index is 1150. The van der Waals surface area contributed by atoms with Crippen LogP contribution in [0.4, 0.5) is 5.82 Å². The Morgan fingerprint density at radius 1 is 0.889 bits per heavy atom. The van der Waals surface area contributed by atoms with E-state index in [0.29, 0.717) is 11.4 Å². The third-order valence-electron chi connectivity index (χ3n) is 4.43. The van der Waals surface area contributed by atoms with Crippen LogP contribution in [0.5, 0.6) is 0 Å². The van der Waals surface area contributed by atoms with Crippen molar-refractivity contribution < 1.29 is 4.79 Å². The molecule has 4 nitrogen and oxygen atoms in total. The van der Waals surface area contributed by atoms with Gasteiger partial charge in [0.05, 0.1) is 16.8 Å². The number of nitrogens with one attached hydrogen (secondary N) is 1. The number of fused-ring (bicyclic) bond motifs is 1. The Balaban J connectivity index is 1.82. The number of benzene rings is 2. The molecule has 4 heteroatoms. The van der Waals surface area contributed by atoms with Gasteiger partial charge in [-0.2, -0.15) is 0 Å². The van der Waals surface area contributed by atoms with E-state index in [2.05, 4.69) is 16.4 Å². The molecule has 1 amide bonds. The van der Waals surface area contributed by atoms with E-state index in [-0.39, 0.29) is 5.91 Å². The van der Waals surface area contributed by atoms with Gasteiger partial charge in [-0.3, -0.25) is 4.79 Å². The third-order valence-corrected chi connectivity index (χ3v) is 4.43. The van der Waals surface area contributed by atoms with Gasteiger partial charge in [0.15, 0.2) is 0 Å². The SMILES string of the molecule is Cc1cccc(-c2cc(C(=O)Nc3cc(C)ccn3)c3ccccc3n2)c1. The maximum absolute atomic E-state index is 13.0. The zero-order valence-electron chi connectivity index (χ0n) is 15.2. The van der Waals surface area contributed by atoms with Crippen molar-refractivity contribution in [3.8, 4) is 11.3 Å². The number of pyridine rings is 2. The van der Waals surface area contributed by atoms with Crippen molar-refractivity contribution in [2.24, 2.45) is 0 Å². The number of aryl methyl sites for hydroxylation is 2. The Kier molecular flexibility index (Phi) is 4.38. The molecule has 0 aliphatic rings. The molecule has 2 aromatic carbocycles. The molecule has 0 atom stereocenters. The van der Waals surface area contributed by atoms with Crippen LogP contribution >= 0.6 is 0 Å². The third kappa shape index (κ3) is 3.55. The van der Waals surface area contributed by atoms with Crippen LogP contribution in [-0.4, -0.2) is 15.9 Å². The first-order chi connectivity index (χ1) is 13.1. The van der Waals surface area contributed by atoms with Gasteiger partial charge in [0.25, 0.3) is 5.91 Å². The molecule has 1 N–H and O–H groups in total. The molecule has 4 rings (SSSR count). The van der Waals surface area contributed by atoms with Crippen molar-refractivity contribution in [3.05, 3.63) is 89.6 Å². The van der Waals surface area contributed by atoms with Crippen LogP contribution < -0.4 is 5.32 Å². The molecule has 4 aromatic rings. The van der Waals surface area contributed by atoms with E-state index in [9.17, 15) is 4.79 Å². The van der Waals surface area contributed by atoms with E-state index in [1.807, 2.05) is 74.5 Å². The number of hydrogen-bond acceptors (Lipinski definition) is 3. The molecular weight excluding hydrogens is 334 g/mol. The zero-order valence-corrected chi connectivity index (χ0v) is 15.2. The number of rotatable bonds is 3. The molecule has 0 unspecified atom stereocenters. The molecule has 0 spiro atoms. The second-order valence-electron chi connectivity index (χ2n) is 6.61. The van der Waals surface area contributed by atoms with Crippen molar-refractivity contribution in [3.63, 3.8) is 0 Å². The molecule has 0 saturated heterocycles. The van der Waals surface area contributed by atoms with Crippen LogP contribution in [-0.2, 0) is 0 Å². The summed E-state index contributed by atoms with van der Waals surface area (Å²) < 4.78 is 0. The van der Waals surface area contributed by atoms with Crippen molar-refractivity contribution >= 4 is 22.6 Å². The topological polar surface area (TPSA) is 54.9 Å². The smallest absolute Gasteiger partial charge is 0.257 e. The summed E-state index contributed by atoms with van der Waals surface area (Å²) in [6.45, 7) is 4.01. The van der Waals surface area contributed by atoms with Crippen LogP contribution in [0, 0.1) is 13.8 Å². The lowest BCUT2D eigenvalue weighted by Gasteiger charge is -2.11. The van der Waals surface area contributed by atoms with E-state index >= 15 is 0 Å². The maximum Gasteiger partial charge on any atom is 0.257 e. The lowest BCUT2D eigenvalue weighted by Crippen LogP contribution is -2.14. The Labute approximate surface area is 157 Å². The van der Waals surface area contributed by atoms with Crippen LogP contribution in [0.1, 0.15) is 21.5 Å². The first-order valence-electron chi connectivity index (χ1n) is 8.81. The molecule has 0 fully saturated rings. The second-order valence-corrected chi connectivity index (χ2v) is 6.61. The quantitative estimate of drug-likeness (QED) is 0.553. The minimum Gasteiger partial charge on any atom is -0.307 e.